The van der Waals surface area contributed by atoms with Crippen molar-refractivity contribution in [1.29, 1.82) is 5.26 Å². The third-order valence-corrected chi connectivity index (χ3v) is 8.93. The zero-order chi connectivity index (χ0) is 26.6. The largest absolute Gasteiger partial charge is 0.348 e. The van der Waals surface area contributed by atoms with E-state index in [1.807, 2.05) is 18.2 Å². The highest BCUT2D eigenvalue weighted by Gasteiger charge is 2.48. The summed E-state index contributed by atoms with van der Waals surface area (Å²) in [4.78, 5) is 14.8. The zero-order valence-corrected chi connectivity index (χ0v) is 22.5. The molecule has 3 unspecified atom stereocenters. The maximum Gasteiger partial charge on any atom is 0.211 e. The number of hydrogen-bond donors (Lipinski definition) is 1. The van der Waals surface area contributed by atoms with Crippen molar-refractivity contribution in [3.05, 3.63) is 82.7 Å². The van der Waals surface area contributed by atoms with Gasteiger partial charge in [0, 0.05) is 23.8 Å². The van der Waals surface area contributed by atoms with Gasteiger partial charge >= 0.3 is 0 Å². The summed E-state index contributed by atoms with van der Waals surface area (Å²) < 4.78 is 11.4. The molecule has 1 aliphatic heterocycles. The van der Waals surface area contributed by atoms with Gasteiger partial charge < -0.3 is 14.8 Å². The topological polar surface area (TPSA) is 84.2 Å². The molecule has 6 rings (SSSR count). The number of fused-ring (bicyclic) bond motifs is 1. The number of allylic oxidation sites excluding steroid dienone is 4. The molecule has 7 heteroatoms. The van der Waals surface area contributed by atoms with Gasteiger partial charge in [-0.25, -0.2) is 0 Å². The molecule has 2 saturated carbocycles. The van der Waals surface area contributed by atoms with Crippen LogP contribution in [0.15, 0.2) is 66.4 Å². The molecule has 4 aliphatic rings. The lowest BCUT2D eigenvalue weighted by Crippen LogP contribution is -2.41. The number of halogens is 1. The summed E-state index contributed by atoms with van der Waals surface area (Å²) in [6.07, 6.45) is 14.5. The minimum absolute atomic E-state index is 0.487. The molecule has 1 aromatic carbocycles. The van der Waals surface area contributed by atoms with Gasteiger partial charge in [0.25, 0.3) is 0 Å². The van der Waals surface area contributed by atoms with Gasteiger partial charge in [-0.05, 0) is 74.3 Å². The summed E-state index contributed by atoms with van der Waals surface area (Å²) in [5, 5.41) is 13.0. The number of carbonyl (C=O) groups is 1. The summed E-state index contributed by atoms with van der Waals surface area (Å²) in [5.41, 5.74) is 3.73. The van der Waals surface area contributed by atoms with E-state index in [9.17, 15) is 10.1 Å². The van der Waals surface area contributed by atoms with Gasteiger partial charge in [-0.15, -0.1) is 0 Å². The molecule has 6 nitrogen and oxygen atoms in total. The van der Waals surface area contributed by atoms with Crippen molar-refractivity contribution in [2.75, 3.05) is 18.5 Å². The van der Waals surface area contributed by atoms with Crippen LogP contribution in [-0.2, 0) is 19.7 Å². The average molecular weight is 532 g/mol. The highest BCUT2D eigenvalue weighted by Crippen LogP contribution is 2.49. The van der Waals surface area contributed by atoms with E-state index in [1.54, 1.807) is 17.8 Å². The number of carbonyl (C=O) groups excluding carboxylic acids is 1. The van der Waals surface area contributed by atoms with Crippen molar-refractivity contribution in [3.8, 4) is 6.07 Å². The molecular formula is C31H34ClN3O3. The van der Waals surface area contributed by atoms with Crippen molar-refractivity contribution >= 4 is 23.7 Å². The lowest BCUT2D eigenvalue weighted by Gasteiger charge is -2.41. The van der Waals surface area contributed by atoms with Crippen LogP contribution < -0.4 is 5.32 Å². The van der Waals surface area contributed by atoms with Gasteiger partial charge in [0.2, 0.25) is 6.41 Å². The molecule has 2 aromatic rings. The molecule has 1 N–H and O–H groups in total. The van der Waals surface area contributed by atoms with Crippen LogP contribution in [0, 0.1) is 23.2 Å². The van der Waals surface area contributed by atoms with Crippen molar-refractivity contribution in [2.45, 2.75) is 62.6 Å². The fourth-order valence-electron chi connectivity index (χ4n) is 6.26. The Kier molecular flexibility index (Phi) is 7.99. The van der Waals surface area contributed by atoms with Crippen LogP contribution in [0.4, 0.5) is 5.69 Å². The molecule has 3 fully saturated rings. The maximum atomic E-state index is 10.4. The minimum Gasteiger partial charge on any atom is -0.348 e. The Hall–Kier alpha value is -2.98. The fourth-order valence-corrected chi connectivity index (χ4v) is 6.38. The van der Waals surface area contributed by atoms with Crippen molar-refractivity contribution in [1.82, 2.24) is 4.98 Å². The standard InChI is InChI=1S/C16H17Cl.C15H17N3O3/c1-11-3-2-4-15(16-10-9-14(11)16)12-5-7-13(17)8-6-12;16-10-14(13-2-1-12(9-17-13)18-11-19)3-5-15(6-4-14)20-7-8-21-15/h2-8,14-16H,9-10H2,1H3;1-2,9,11H,3-8H2,(H,18,19). The molecule has 1 spiro atoms. The second kappa shape index (κ2) is 11.4. The van der Waals surface area contributed by atoms with Crippen molar-refractivity contribution in [3.63, 3.8) is 0 Å². The SMILES string of the molecule is CC1=CC=CC(c2ccc(Cl)cc2)C2CCC12.N#CC1(c2ccc(NC=O)cn2)CCC2(CC1)OCCO2. The van der Waals surface area contributed by atoms with Gasteiger partial charge in [-0.2, -0.15) is 5.26 Å². The number of rotatable bonds is 4. The molecule has 38 heavy (non-hydrogen) atoms. The number of nitrogens with one attached hydrogen (secondary N) is 1. The Balaban J connectivity index is 0.000000158. The number of aromatic nitrogens is 1. The third-order valence-electron chi connectivity index (χ3n) is 8.68. The van der Waals surface area contributed by atoms with Crippen LogP contribution >= 0.6 is 11.6 Å². The third kappa shape index (κ3) is 5.42. The van der Waals surface area contributed by atoms with Crippen LogP contribution in [0.2, 0.25) is 5.02 Å². The number of hydrogen-bond acceptors (Lipinski definition) is 5. The number of amides is 1. The Morgan fingerprint density at radius 1 is 1.08 bits per heavy atom. The van der Waals surface area contributed by atoms with Gasteiger partial charge in [-0.3, -0.25) is 9.78 Å². The molecular weight excluding hydrogens is 498 g/mol. The fraction of sp³-hybridized carbons (Fsp3) is 0.452. The molecule has 3 atom stereocenters. The Bertz CT molecular complexity index is 1220. The monoisotopic (exact) mass is 531 g/mol. The van der Waals surface area contributed by atoms with Gasteiger partial charge in [0.05, 0.1) is 42.3 Å². The highest BCUT2D eigenvalue weighted by molar-refractivity contribution is 6.30. The molecule has 1 aromatic heterocycles. The summed E-state index contributed by atoms with van der Waals surface area (Å²) in [6.45, 7) is 3.53. The normalized spacial score (nSPS) is 26.4. The first kappa shape index (κ1) is 26.6. The number of ether oxygens (including phenoxy) is 2. The lowest BCUT2D eigenvalue weighted by atomic mass is 9.63. The van der Waals surface area contributed by atoms with Crippen LogP contribution in [0.25, 0.3) is 0 Å². The number of nitrogens with zero attached hydrogens (tertiary/aromatic N) is 2. The van der Waals surface area contributed by atoms with E-state index in [2.05, 4.69) is 53.7 Å². The molecule has 0 bridgehead atoms. The van der Waals surface area contributed by atoms with E-state index in [1.165, 1.54) is 18.4 Å². The predicted octanol–water partition coefficient (Wildman–Crippen LogP) is 6.69. The van der Waals surface area contributed by atoms with E-state index >= 15 is 0 Å². The van der Waals surface area contributed by atoms with Crippen molar-refractivity contribution < 1.29 is 14.3 Å². The van der Waals surface area contributed by atoms with E-state index in [0.29, 0.717) is 56.9 Å². The summed E-state index contributed by atoms with van der Waals surface area (Å²) >= 11 is 5.96. The van der Waals surface area contributed by atoms with E-state index in [4.69, 9.17) is 21.1 Å². The van der Waals surface area contributed by atoms with Crippen LogP contribution in [0.3, 0.4) is 0 Å². The molecule has 0 radical (unpaired) electrons. The molecule has 198 valence electrons. The summed E-state index contributed by atoms with van der Waals surface area (Å²) in [6, 6.07) is 14.4. The van der Waals surface area contributed by atoms with Crippen LogP contribution in [-0.4, -0.2) is 30.4 Å². The first-order valence-corrected chi connectivity index (χ1v) is 13.8. The lowest BCUT2D eigenvalue weighted by molar-refractivity contribution is -0.182. The average Bonchev–Trinajstić information content (AvgIpc) is 3.34. The summed E-state index contributed by atoms with van der Waals surface area (Å²) in [5.74, 6) is 1.68. The Morgan fingerprint density at radius 3 is 2.39 bits per heavy atom. The maximum absolute atomic E-state index is 10.4. The quantitative estimate of drug-likeness (QED) is 0.444. The first-order chi connectivity index (χ1) is 18.5. The van der Waals surface area contributed by atoms with E-state index < -0.39 is 11.2 Å². The Morgan fingerprint density at radius 2 is 1.82 bits per heavy atom. The van der Waals surface area contributed by atoms with Gasteiger partial charge in [0.15, 0.2) is 5.79 Å². The number of anilines is 1. The second-order valence-electron chi connectivity index (χ2n) is 10.7. The predicted molar refractivity (Wildman–Crippen MR) is 148 cm³/mol. The molecule has 2 heterocycles. The molecule has 3 aliphatic carbocycles. The minimum atomic E-state index is -0.597. The first-order valence-electron chi connectivity index (χ1n) is 13.4. The number of pyridine rings is 1. The number of nitriles is 1. The molecule has 1 saturated heterocycles. The zero-order valence-electron chi connectivity index (χ0n) is 21.7. The number of benzene rings is 1. The van der Waals surface area contributed by atoms with Crippen LogP contribution in [0.5, 0.6) is 0 Å². The van der Waals surface area contributed by atoms with Gasteiger partial charge in [-0.1, -0.05) is 47.5 Å². The van der Waals surface area contributed by atoms with Gasteiger partial charge in [0.1, 0.15) is 0 Å². The van der Waals surface area contributed by atoms with E-state index in [-0.39, 0.29) is 0 Å². The van der Waals surface area contributed by atoms with E-state index in [0.717, 1.165) is 22.6 Å². The molecule has 1 amide bonds. The van der Waals surface area contributed by atoms with Crippen LogP contribution in [0.1, 0.15) is 62.6 Å². The highest BCUT2D eigenvalue weighted by atomic mass is 35.5. The summed E-state index contributed by atoms with van der Waals surface area (Å²) in [7, 11) is 0. The smallest absolute Gasteiger partial charge is 0.211 e. The van der Waals surface area contributed by atoms with Crippen molar-refractivity contribution in [2.24, 2.45) is 11.8 Å². The Labute approximate surface area is 229 Å². The second-order valence-corrected chi connectivity index (χ2v) is 11.2.